The summed E-state index contributed by atoms with van der Waals surface area (Å²) in [6, 6.07) is 10.0. The first-order valence-corrected chi connectivity index (χ1v) is 9.00. The Hall–Kier alpha value is -1.92. The molecular weight excluding hydrogens is 324 g/mol. The number of aliphatic hydroxyl groups excluding tert-OH is 1. The third kappa shape index (κ3) is 5.62. The van der Waals surface area contributed by atoms with Crippen LogP contribution in [-0.4, -0.2) is 29.5 Å². The van der Waals surface area contributed by atoms with Gasteiger partial charge >= 0.3 is 0 Å². The van der Waals surface area contributed by atoms with Crippen LogP contribution in [0.4, 0.5) is 0 Å². The number of thiophene rings is 1. The summed E-state index contributed by atoms with van der Waals surface area (Å²) in [7, 11) is 0. The zero-order valence-electron chi connectivity index (χ0n) is 14.0. The minimum absolute atomic E-state index is 0.0388. The molecule has 2 aromatic rings. The molecule has 0 aliphatic carbocycles. The fraction of sp³-hybridized carbons (Fsp3) is 0.444. The van der Waals surface area contributed by atoms with Gasteiger partial charge in [-0.1, -0.05) is 18.2 Å². The number of carbonyl (C=O) groups excluding carboxylic acids is 2. The first-order valence-electron chi connectivity index (χ1n) is 8.18. The second-order valence-electron chi connectivity index (χ2n) is 6.08. The van der Waals surface area contributed by atoms with Gasteiger partial charge in [-0.2, -0.15) is 0 Å². The van der Waals surface area contributed by atoms with Crippen LogP contribution in [-0.2, 0) is 9.59 Å². The standard InChI is InChI=1S/C18H24N2O3S/c1-12(2)20-18(23)9-5-8-17(22)19-11-14(21)16-10-13-6-3-4-7-15(13)24-16/h3-4,6-7,10,12,14,21H,5,8-9,11H2,1-2H3,(H,19,22)(H,20,23). The summed E-state index contributed by atoms with van der Waals surface area (Å²) >= 11 is 1.53. The highest BCUT2D eigenvalue weighted by Crippen LogP contribution is 2.29. The number of hydrogen-bond acceptors (Lipinski definition) is 4. The summed E-state index contributed by atoms with van der Waals surface area (Å²) in [5.41, 5.74) is 0. The van der Waals surface area contributed by atoms with Crippen LogP contribution in [0, 0.1) is 0 Å². The highest BCUT2D eigenvalue weighted by molar-refractivity contribution is 7.19. The molecule has 1 aromatic carbocycles. The van der Waals surface area contributed by atoms with Crippen molar-refractivity contribution in [2.75, 3.05) is 6.54 Å². The molecule has 5 nitrogen and oxygen atoms in total. The predicted molar refractivity (Wildman–Crippen MR) is 96.9 cm³/mol. The summed E-state index contributed by atoms with van der Waals surface area (Å²) in [6.07, 6.45) is 0.411. The van der Waals surface area contributed by atoms with Gasteiger partial charge in [-0.05, 0) is 37.8 Å². The third-order valence-corrected chi connectivity index (χ3v) is 4.74. The second-order valence-corrected chi connectivity index (χ2v) is 7.20. The number of hydrogen-bond donors (Lipinski definition) is 3. The van der Waals surface area contributed by atoms with Crippen molar-refractivity contribution in [3.8, 4) is 0 Å². The van der Waals surface area contributed by atoms with Crippen LogP contribution in [0.2, 0.25) is 0 Å². The number of carbonyl (C=O) groups is 2. The Morgan fingerprint density at radius 2 is 1.88 bits per heavy atom. The molecule has 2 rings (SSSR count). The molecule has 1 heterocycles. The Kier molecular flexibility index (Phi) is 6.75. The Morgan fingerprint density at radius 1 is 1.17 bits per heavy atom. The van der Waals surface area contributed by atoms with Gasteiger partial charge in [0.2, 0.25) is 11.8 Å². The maximum Gasteiger partial charge on any atom is 0.220 e. The summed E-state index contributed by atoms with van der Waals surface area (Å²) in [4.78, 5) is 24.1. The first-order chi connectivity index (χ1) is 11.5. The summed E-state index contributed by atoms with van der Waals surface area (Å²) in [5, 5.41) is 16.8. The van der Waals surface area contributed by atoms with Crippen molar-refractivity contribution >= 4 is 33.2 Å². The van der Waals surface area contributed by atoms with Crippen LogP contribution < -0.4 is 10.6 Å². The lowest BCUT2D eigenvalue weighted by molar-refractivity contribution is -0.122. The van der Waals surface area contributed by atoms with E-state index in [9.17, 15) is 14.7 Å². The van der Waals surface area contributed by atoms with Crippen LogP contribution in [0.25, 0.3) is 10.1 Å². The van der Waals surface area contributed by atoms with Crippen LogP contribution >= 0.6 is 11.3 Å². The van der Waals surface area contributed by atoms with Crippen molar-refractivity contribution in [3.05, 3.63) is 35.2 Å². The monoisotopic (exact) mass is 348 g/mol. The minimum Gasteiger partial charge on any atom is -0.386 e. The SMILES string of the molecule is CC(C)NC(=O)CCCC(=O)NCC(O)c1cc2ccccc2s1. The van der Waals surface area contributed by atoms with Gasteiger partial charge in [-0.3, -0.25) is 9.59 Å². The number of nitrogens with one attached hydrogen (secondary N) is 2. The number of benzene rings is 1. The highest BCUT2D eigenvalue weighted by Gasteiger charge is 2.13. The molecule has 1 atom stereocenters. The van der Waals surface area contributed by atoms with Crippen molar-refractivity contribution in [1.29, 1.82) is 0 Å². The fourth-order valence-corrected chi connectivity index (χ4v) is 3.42. The van der Waals surface area contributed by atoms with Crippen molar-refractivity contribution < 1.29 is 14.7 Å². The van der Waals surface area contributed by atoms with Gasteiger partial charge in [0, 0.05) is 35.0 Å². The maximum atomic E-state index is 11.8. The van der Waals surface area contributed by atoms with Gasteiger partial charge in [-0.15, -0.1) is 11.3 Å². The molecule has 0 spiro atoms. The van der Waals surface area contributed by atoms with Crippen molar-refractivity contribution in [2.45, 2.75) is 45.3 Å². The average Bonchev–Trinajstić information content (AvgIpc) is 2.96. The molecule has 2 amide bonds. The second kappa shape index (κ2) is 8.80. The lowest BCUT2D eigenvalue weighted by Gasteiger charge is -2.10. The van der Waals surface area contributed by atoms with Gasteiger partial charge in [0.15, 0.2) is 0 Å². The predicted octanol–water partition coefficient (Wildman–Crippen LogP) is 2.75. The Labute approximate surface area is 146 Å². The first kappa shape index (κ1) is 18.4. The van der Waals surface area contributed by atoms with E-state index in [1.54, 1.807) is 0 Å². The molecule has 0 fully saturated rings. The van der Waals surface area contributed by atoms with E-state index in [1.165, 1.54) is 11.3 Å². The largest absolute Gasteiger partial charge is 0.386 e. The average molecular weight is 348 g/mol. The highest BCUT2D eigenvalue weighted by atomic mass is 32.1. The van der Waals surface area contributed by atoms with Gasteiger partial charge in [0.05, 0.1) is 0 Å². The molecular formula is C18H24N2O3S. The fourth-order valence-electron chi connectivity index (χ4n) is 2.37. The number of amides is 2. The molecule has 0 aliphatic rings. The molecule has 0 radical (unpaired) electrons. The molecule has 6 heteroatoms. The van der Waals surface area contributed by atoms with Gasteiger partial charge in [0.25, 0.3) is 0 Å². The maximum absolute atomic E-state index is 11.8. The van der Waals surface area contributed by atoms with E-state index in [4.69, 9.17) is 0 Å². The molecule has 0 saturated heterocycles. The van der Waals surface area contributed by atoms with Crippen LogP contribution in [0.1, 0.15) is 44.1 Å². The van der Waals surface area contributed by atoms with Gasteiger partial charge < -0.3 is 15.7 Å². The quantitative estimate of drug-likeness (QED) is 0.686. The van der Waals surface area contributed by atoms with E-state index in [-0.39, 0.29) is 30.8 Å². The van der Waals surface area contributed by atoms with Crippen LogP contribution in [0.15, 0.2) is 30.3 Å². The van der Waals surface area contributed by atoms with Gasteiger partial charge in [-0.25, -0.2) is 0 Å². The molecule has 0 saturated carbocycles. The molecule has 0 aliphatic heterocycles. The lowest BCUT2D eigenvalue weighted by atomic mass is 10.2. The van der Waals surface area contributed by atoms with E-state index in [0.717, 1.165) is 15.0 Å². The van der Waals surface area contributed by atoms with Crippen molar-refractivity contribution in [3.63, 3.8) is 0 Å². The third-order valence-electron chi connectivity index (χ3n) is 3.52. The van der Waals surface area contributed by atoms with E-state index in [1.807, 2.05) is 44.2 Å². The van der Waals surface area contributed by atoms with E-state index >= 15 is 0 Å². The van der Waals surface area contributed by atoms with Crippen LogP contribution in [0.3, 0.4) is 0 Å². The summed E-state index contributed by atoms with van der Waals surface area (Å²) in [5.74, 6) is -0.185. The molecule has 1 aromatic heterocycles. The normalized spacial score (nSPS) is 12.3. The van der Waals surface area contributed by atoms with Gasteiger partial charge in [0.1, 0.15) is 6.10 Å². The van der Waals surface area contributed by atoms with E-state index < -0.39 is 6.10 Å². The molecule has 3 N–H and O–H groups in total. The number of fused-ring (bicyclic) bond motifs is 1. The topological polar surface area (TPSA) is 78.4 Å². The molecule has 130 valence electrons. The Morgan fingerprint density at radius 3 is 2.58 bits per heavy atom. The smallest absolute Gasteiger partial charge is 0.220 e. The number of aliphatic hydroxyl groups is 1. The molecule has 24 heavy (non-hydrogen) atoms. The summed E-state index contributed by atoms with van der Waals surface area (Å²) in [6.45, 7) is 3.99. The molecule has 0 bridgehead atoms. The van der Waals surface area contributed by atoms with E-state index in [0.29, 0.717) is 12.8 Å². The number of rotatable bonds is 8. The van der Waals surface area contributed by atoms with E-state index in [2.05, 4.69) is 10.6 Å². The minimum atomic E-state index is -0.712. The Balaban J connectivity index is 1.72. The van der Waals surface area contributed by atoms with Crippen molar-refractivity contribution in [1.82, 2.24) is 10.6 Å². The zero-order valence-corrected chi connectivity index (χ0v) is 14.9. The molecule has 1 unspecified atom stereocenters. The van der Waals surface area contributed by atoms with Crippen molar-refractivity contribution in [2.24, 2.45) is 0 Å². The summed E-state index contributed by atoms with van der Waals surface area (Å²) < 4.78 is 1.12. The van der Waals surface area contributed by atoms with Crippen LogP contribution in [0.5, 0.6) is 0 Å². The Bertz CT molecular complexity index is 663. The lowest BCUT2D eigenvalue weighted by Crippen LogP contribution is -2.31. The zero-order chi connectivity index (χ0) is 17.5.